The monoisotopic (exact) mass is 317 g/mol. The summed E-state index contributed by atoms with van der Waals surface area (Å²) in [6.45, 7) is 2.01. The molecule has 116 valence electrons. The maximum atomic E-state index is 5.91. The van der Waals surface area contributed by atoms with E-state index in [9.17, 15) is 0 Å². The second-order valence-corrected chi connectivity index (χ2v) is 6.09. The number of imidazole rings is 1. The van der Waals surface area contributed by atoms with Gasteiger partial charge in [-0.15, -0.1) is 11.3 Å². The molecular formula is C16H19N3O2S. The highest BCUT2D eigenvalue weighted by Gasteiger charge is 2.14. The van der Waals surface area contributed by atoms with Crippen molar-refractivity contribution in [2.24, 2.45) is 5.73 Å². The van der Waals surface area contributed by atoms with Crippen LogP contribution in [-0.2, 0) is 6.42 Å². The van der Waals surface area contributed by atoms with Gasteiger partial charge in [0.2, 0.25) is 0 Å². The summed E-state index contributed by atoms with van der Waals surface area (Å²) in [5.41, 5.74) is 8.88. The summed E-state index contributed by atoms with van der Waals surface area (Å²) in [6.07, 6.45) is 2.85. The number of hydrogen-bond donors (Lipinski definition) is 1. The van der Waals surface area contributed by atoms with Gasteiger partial charge in [-0.05, 0) is 25.1 Å². The fourth-order valence-electron chi connectivity index (χ4n) is 2.45. The van der Waals surface area contributed by atoms with Crippen LogP contribution < -0.4 is 15.2 Å². The summed E-state index contributed by atoms with van der Waals surface area (Å²) in [7, 11) is 3.31. The molecule has 0 fully saturated rings. The summed E-state index contributed by atoms with van der Waals surface area (Å²) in [5.74, 6) is 1.56. The number of aromatic nitrogens is 2. The van der Waals surface area contributed by atoms with Gasteiger partial charge in [0.1, 0.15) is 11.5 Å². The van der Waals surface area contributed by atoms with Gasteiger partial charge in [0.05, 0.1) is 19.9 Å². The molecule has 0 aliphatic rings. The Morgan fingerprint density at radius 2 is 2.14 bits per heavy atom. The first kappa shape index (κ1) is 14.9. The van der Waals surface area contributed by atoms with Crippen LogP contribution in [0, 0.1) is 0 Å². The molecule has 2 N–H and O–H groups in total. The van der Waals surface area contributed by atoms with Gasteiger partial charge in [0.25, 0.3) is 0 Å². The van der Waals surface area contributed by atoms with Crippen LogP contribution in [0.4, 0.5) is 0 Å². The van der Waals surface area contributed by atoms with Crippen molar-refractivity contribution in [1.29, 1.82) is 0 Å². The Morgan fingerprint density at radius 3 is 2.82 bits per heavy atom. The largest absolute Gasteiger partial charge is 0.497 e. The van der Waals surface area contributed by atoms with Crippen molar-refractivity contribution in [2.75, 3.05) is 14.2 Å². The molecule has 0 amide bonds. The number of rotatable bonds is 5. The lowest BCUT2D eigenvalue weighted by atomic mass is 10.1. The van der Waals surface area contributed by atoms with Crippen molar-refractivity contribution < 1.29 is 9.47 Å². The van der Waals surface area contributed by atoms with Crippen molar-refractivity contribution >= 4 is 16.3 Å². The van der Waals surface area contributed by atoms with E-state index in [1.54, 1.807) is 25.6 Å². The Bertz CT molecular complexity index is 792. The van der Waals surface area contributed by atoms with Crippen LogP contribution in [-0.4, -0.2) is 29.6 Å². The van der Waals surface area contributed by atoms with E-state index in [1.165, 1.54) is 5.69 Å². The zero-order valence-corrected chi connectivity index (χ0v) is 13.7. The Hall–Kier alpha value is -2.05. The molecule has 0 saturated carbocycles. The maximum absolute atomic E-state index is 5.91. The normalized spacial score (nSPS) is 12.5. The summed E-state index contributed by atoms with van der Waals surface area (Å²) < 4.78 is 12.8. The second kappa shape index (κ2) is 5.98. The third kappa shape index (κ3) is 2.67. The Labute approximate surface area is 133 Å². The van der Waals surface area contributed by atoms with Crippen molar-refractivity contribution in [3.63, 3.8) is 0 Å². The van der Waals surface area contributed by atoms with Crippen LogP contribution in [0.5, 0.6) is 11.5 Å². The fraction of sp³-hybridized carbons (Fsp3) is 0.312. The first-order valence-corrected chi connectivity index (χ1v) is 7.93. The second-order valence-electron chi connectivity index (χ2n) is 5.25. The minimum Gasteiger partial charge on any atom is -0.497 e. The summed E-state index contributed by atoms with van der Waals surface area (Å²) in [4.78, 5) is 5.65. The lowest BCUT2D eigenvalue weighted by Crippen LogP contribution is -2.18. The molecule has 0 radical (unpaired) electrons. The Morgan fingerprint density at radius 1 is 1.32 bits per heavy atom. The van der Waals surface area contributed by atoms with E-state index >= 15 is 0 Å². The molecule has 0 aliphatic carbocycles. The zero-order chi connectivity index (χ0) is 15.7. The van der Waals surface area contributed by atoms with Crippen LogP contribution in [0.15, 0.2) is 29.8 Å². The average molecular weight is 317 g/mol. The van der Waals surface area contributed by atoms with Crippen LogP contribution >= 0.6 is 11.3 Å². The van der Waals surface area contributed by atoms with Gasteiger partial charge in [-0.1, -0.05) is 0 Å². The number of methoxy groups -OCH3 is 2. The molecule has 6 heteroatoms. The van der Waals surface area contributed by atoms with Crippen LogP contribution in [0.1, 0.15) is 12.6 Å². The number of ether oxygens (including phenoxy) is 2. The standard InChI is InChI=1S/C16H19N3O2S/c1-10(17)6-11-9-22-16-18-14(8-19(11)16)13-7-12(20-2)4-5-15(13)21-3/h4-5,7-10H,6,17H2,1-3H3. The molecule has 3 aromatic rings. The van der Waals surface area contributed by atoms with E-state index in [0.29, 0.717) is 0 Å². The number of benzene rings is 1. The number of fused-ring (bicyclic) bond motifs is 1. The van der Waals surface area contributed by atoms with E-state index in [2.05, 4.69) is 9.78 Å². The molecule has 0 spiro atoms. The fourth-order valence-corrected chi connectivity index (χ4v) is 3.34. The summed E-state index contributed by atoms with van der Waals surface area (Å²) >= 11 is 1.62. The lowest BCUT2D eigenvalue weighted by Gasteiger charge is -2.08. The minimum atomic E-state index is 0.120. The molecular weight excluding hydrogens is 298 g/mol. The first-order valence-electron chi connectivity index (χ1n) is 7.06. The molecule has 1 aromatic carbocycles. The van der Waals surface area contributed by atoms with Gasteiger partial charge >= 0.3 is 0 Å². The summed E-state index contributed by atoms with van der Waals surface area (Å²) in [6, 6.07) is 5.83. The van der Waals surface area contributed by atoms with Gasteiger partial charge in [-0.25, -0.2) is 4.98 Å². The molecule has 0 saturated heterocycles. The van der Waals surface area contributed by atoms with Gasteiger partial charge in [0.15, 0.2) is 4.96 Å². The highest BCUT2D eigenvalue weighted by molar-refractivity contribution is 7.15. The van der Waals surface area contributed by atoms with Gasteiger partial charge in [-0.3, -0.25) is 4.40 Å². The molecule has 1 atom stereocenters. The highest BCUT2D eigenvalue weighted by atomic mass is 32.1. The van der Waals surface area contributed by atoms with Crippen molar-refractivity contribution in [3.8, 4) is 22.8 Å². The van der Waals surface area contributed by atoms with Crippen LogP contribution in [0.25, 0.3) is 16.2 Å². The third-order valence-corrected chi connectivity index (χ3v) is 4.39. The Kier molecular flexibility index (Phi) is 4.04. The van der Waals surface area contributed by atoms with E-state index in [-0.39, 0.29) is 6.04 Å². The molecule has 2 heterocycles. The molecule has 3 rings (SSSR count). The van der Waals surface area contributed by atoms with E-state index < -0.39 is 0 Å². The Balaban J connectivity index is 2.08. The van der Waals surface area contributed by atoms with Crippen molar-refractivity contribution in [1.82, 2.24) is 9.38 Å². The predicted octanol–water partition coefficient (Wildman–Crippen LogP) is 2.97. The van der Waals surface area contributed by atoms with Crippen molar-refractivity contribution in [2.45, 2.75) is 19.4 Å². The van der Waals surface area contributed by atoms with Gasteiger partial charge < -0.3 is 15.2 Å². The smallest absolute Gasteiger partial charge is 0.194 e. The molecule has 22 heavy (non-hydrogen) atoms. The van der Waals surface area contributed by atoms with E-state index in [0.717, 1.165) is 34.1 Å². The average Bonchev–Trinajstić information content (AvgIpc) is 3.08. The quantitative estimate of drug-likeness (QED) is 0.786. The number of hydrogen-bond acceptors (Lipinski definition) is 5. The molecule has 0 aliphatic heterocycles. The number of nitrogens with zero attached hydrogens (tertiary/aromatic N) is 2. The maximum Gasteiger partial charge on any atom is 0.194 e. The highest BCUT2D eigenvalue weighted by Crippen LogP contribution is 2.34. The zero-order valence-electron chi connectivity index (χ0n) is 12.9. The predicted molar refractivity (Wildman–Crippen MR) is 89.0 cm³/mol. The molecule has 1 unspecified atom stereocenters. The number of nitrogens with two attached hydrogens (primary N) is 1. The van der Waals surface area contributed by atoms with Crippen LogP contribution in [0.3, 0.4) is 0 Å². The van der Waals surface area contributed by atoms with Crippen molar-refractivity contribution in [3.05, 3.63) is 35.5 Å². The summed E-state index contributed by atoms with van der Waals surface area (Å²) in [5, 5.41) is 2.11. The van der Waals surface area contributed by atoms with Gasteiger partial charge in [0, 0.05) is 35.3 Å². The SMILES string of the molecule is COc1ccc(OC)c(-c2cn3c(CC(C)N)csc3n2)c1. The first-order chi connectivity index (χ1) is 10.6. The van der Waals surface area contributed by atoms with E-state index in [1.807, 2.05) is 31.3 Å². The topological polar surface area (TPSA) is 61.8 Å². The van der Waals surface area contributed by atoms with E-state index in [4.69, 9.17) is 20.2 Å². The minimum absolute atomic E-state index is 0.120. The van der Waals surface area contributed by atoms with Gasteiger partial charge in [-0.2, -0.15) is 0 Å². The number of thiazole rings is 1. The van der Waals surface area contributed by atoms with Crippen LogP contribution in [0.2, 0.25) is 0 Å². The molecule has 5 nitrogen and oxygen atoms in total. The molecule has 2 aromatic heterocycles. The lowest BCUT2D eigenvalue weighted by molar-refractivity contribution is 0.404. The third-order valence-electron chi connectivity index (χ3n) is 3.50. The molecule has 0 bridgehead atoms.